The summed E-state index contributed by atoms with van der Waals surface area (Å²) in [6, 6.07) is 1.46. The van der Waals surface area contributed by atoms with E-state index in [0.717, 1.165) is 5.56 Å². The number of nitrogens with zero attached hydrogens (tertiary/aromatic N) is 1. The van der Waals surface area contributed by atoms with Gasteiger partial charge in [0, 0.05) is 16.9 Å². The first-order chi connectivity index (χ1) is 5.41. The highest BCUT2D eigenvalue weighted by Gasteiger charge is 2.11. The minimum absolute atomic E-state index is 0.0184. The zero-order valence-corrected chi connectivity index (χ0v) is 9.24. The van der Waals surface area contributed by atoms with Crippen molar-refractivity contribution in [2.75, 3.05) is 0 Å². The molecule has 1 aromatic rings. The molecule has 0 spiro atoms. The van der Waals surface area contributed by atoms with Crippen molar-refractivity contribution < 1.29 is 8.42 Å². The molecule has 12 heavy (non-hydrogen) atoms. The fourth-order valence-electron chi connectivity index (χ4n) is 0.666. The Balaban J connectivity index is 3.33. The highest BCUT2D eigenvalue weighted by atomic mass is 79.9. The van der Waals surface area contributed by atoms with Crippen LogP contribution in [0.5, 0.6) is 0 Å². The average Bonchev–Trinajstić information content (AvgIpc) is 1.92. The lowest BCUT2D eigenvalue weighted by molar-refractivity contribution is 0.609. The van der Waals surface area contributed by atoms with E-state index in [1.165, 1.54) is 12.3 Å². The second-order valence-corrected chi connectivity index (χ2v) is 5.53. The quantitative estimate of drug-likeness (QED) is 0.580. The predicted octanol–water partition coefficient (Wildman–Crippen LogP) is 2.08. The van der Waals surface area contributed by atoms with Crippen molar-refractivity contribution in [3.05, 3.63) is 22.4 Å². The lowest BCUT2D eigenvalue weighted by Gasteiger charge is -1.98. The third kappa shape index (κ3) is 2.18. The number of pyridine rings is 1. The molecule has 3 nitrogen and oxygen atoms in total. The standard InChI is InChI=1S/C6H5BrClNO2S/c1-4-2-5(12(8,10)11)3-9-6(4)7/h2-3H,1H3. The highest BCUT2D eigenvalue weighted by Crippen LogP contribution is 2.19. The summed E-state index contributed by atoms with van der Waals surface area (Å²) in [5.74, 6) is 0. The van der Waals surface area contributed by atoms with Gasteiger partial charge in [0.1, 0.15) is 9.50 Å². The first-order valence-electron chi connectivity index (χ1n) is 2.98. The molecule has 1 rings (SSSR count). The second-order valence-electron chi connectivity index (χ2n) is 2.22. The maximum Gasteiger partial charge on any atom is 0.262 e. The van der Waals surface area contributed by atoms with Crippen LogP contribution in [0.4, 0.5) is 0 Å². The maximum absolute atomic E-state index is 10.8. The van der Waals surface area contributed by atoms with Crippen molar-refractivity contribution in [2.24, 2.45) is 0 Å². The lowest BCUT2D eigenvalue weighted by atomic mass is 10.3. The summed E-state index contributed by atoms with van der Waals surface area (Å²) in [4.78, 5) is 3.82. The van der Waals surface area contributed by atoms with Gasteiger partial charge in [-0.3, -0.25) is 0 Å². The van der Waals surface area contributed by atoms with Crippen LogP contribution in [0.3, 0.4) is 0 Å². The number of hydrogen-bond donors (Lipinski definition) is 0. The number of hydrogen-bond acceptors (Lipinski definition) is 3. The third-order valence-corrected chi connectivity index (χ3v) is 3.42. The van der Waals surface area contributed by atoms with E-state index in [2.05, 4.69) is 20.9 Å². The summed E-state index contributed by atoms with van der Waals surface area (Å²) in [5, 5.41) is 0. The van der Waals surface area contributed by atoms with Gasteiger partial charge in [-0.2, -0.15) is 0 Å². The molecular weight excluding hydrogens is 265 g/mol. The summed E-state index contributed by atoms with van der Waals surface area (Å²) in [6.45, 7) is 1.74. The Morgan fingerprint density at radius 2 is 2.17 bits per heavy atom. The van der Waals surface area contributed by atoms with Gasteiger partial charge in [-0.15, -0.1) is 0 Å². The molecule has 0 saturated heterocycles. The van der Waals surface area contributed by atoms with Gasteiger partial charge >= 0.3 is 0 Å². The summed E-state index contributed by atoms with van der Waals surface area (Å²) in [6.07, 6.45) is 1.21. The minimum atomic E-state index is -3.65. The van der Waals surface area contributed by atoms with Gasteiger partial charge in [-0.1, -0.05) is 0 Å². The topological polar surface area (TPSA) is 47.0 Å². The van der Waals surface area contributed by atoms with Gasteiger partial charge in [0.15, 0.2) is 0 Å². The van der Waals surface area contributed by atoms with Crippen LogP contribution in [0.25, 0.3) is 0 Å². The van der Waals surface area contributed by atoms with Crippen LogP contribution in [-0.4, -0.2) is 13.4 Å². The molecule has 0 aromatic carbocycles. The van der Waals surface area contributed by atoms with Crippen LogP contribution < -0.4 is 0 Å². The number of aromatic nitrogens is 1. The van der Waals surface area contributed by atoms with E-state index in [1.807, 2.05) is 0 Å². The predicted molar refractivity (Wildman–Crippen MR) is 49.7 cm³/mol. The van der Waals surface area contributed by atoms with Gasteiger partial charge in [0.25, 0.3) is 9.05 Å². The molecule has 0 aliphatic carbocycles. The molecule has 0 amide bonds. The van der Waals surface area contributed by atoms with Crippen LogP contribution in [0.15, 0.2) is 21.8 Å². The molecule has 0 saturated carbocycles. The average molecular weight is 271 g/mol. The molecule has 0 N–H and O–H groups in total. The number of aryl methyl sites for hydroxylation is 1. The number of halogens is 2. The highest BCUT2D eigenvalue weighted by molar-refractivity contribution is 9.10. The minimum Gasteiger partial charge on any atom is -0.248 e. The second kappa shape index (κ2) is 3.32. The zero-order chi connectivity index (χ0) is 9.35. The Morgan fingerprint density at radius 3 is 2.58 bits per heavy atom. The fraction of sp³-hybridized carbons (Fsp3) is 0.167. The third-order valence-electron chi connectivity index (χ3n) is 1.27. The van der Waals surface area contributed by atoms with Crippen molar-refractivity contribution in [1.82, 2.24) is 4.98 Å². The largest absolute Gasteiger partial charge is 0.262 e. The van der Waals surface area contributed by atoms with Crippen LogP contribution in [0.2, 0.25) is 0 Å². The van der Waals surface area contributed by atoms with E-state index in [-0.39, 0.29) is 4.90 Å². The SMILES string of the molecule is Cc1cc(S(=O)(=O)Cl)cnc1Br. The van der Waals surface area contributed by atoms with E-state index in [0.29, 0.717) is 4.60 Å². The molecule has 0 bridgehead atoms. The number of rotatable bonds is 1. The molecule has 1 heterocycles. The van der Waals surface area contributed by atoms with Gasteiger partial charge in [0.2, 0.25) is 0 Å². The first-order valence-corrected chi connectivity index (χ1v) is 6.08. The summed E-state index contributed by atoms with van der Waals surface area (Å²) in [7, 11) is 1.45. The van der Waals surface area contributed by atoms with Gasteiger partial charge in [0.05, 0.1) is 0 Å². The van der Waals surface area contributed by atoms with Gasteiger partial charge in [-0.25, -0.2) is 13.4 Å². The van der Waals surface area contributed by atoms with Crippen molar-refractivity contribution in [3.63, 3.8) is 0 Å². The van der Waals surface area contributed by atoms with Gasteiger partial charge in [-0.05, 0) is 34.5 Å². The lowest BCUT2D eigenvalue weighted by Crippen LogP contribution is -1.93. The first kappa shape index (κ1) is 9.95. The maximum atomic E-state index is 10.8. The van der Waals surface area contributed by atoms with Crippen LogP contribution in [0.1, 0.15) is 5.56 Å². The molecule has 0 atom stereocenters. The molecule has 6 heteroatoms. The van der Waals surface area contributed by atoms with E-state index in [1.54, 1.807) is 6.92 Å². The Labute approximate surface area is 83.3 Å². The molecule has 0 fully saturated rings. The Kier molecular flexibility index (Phi) is 2.75. The van der Waals surface area contributed by atoms with Crippen molar-refractivity contribution in [2.45, 2.75) is 11.8 Å². The summed E-state index contributed by atoms with van der Waals surface area (Å²) in [5.41, 5.74) is 0.733. The Bertz CT molecular complexity index is 404. The van der Waals surface area contributed by atoms with E-state index in [4.69, 9.17) is 10.7 Å². The zero-order valence-electron chi connectivity index (χ0n) is 6.08. The van der Waals surface area contributed by atoms with Crippen LogP contribution in [0, 0.1) is 6.92 Å². The van der Waals surface area contributed by atoms with Crippen molar-refractivity contribution in [3.8, 4) is 0 Å². The van der Waals surface area contributed by atoms with Crippen LogP contribution >= 0.6 is 26.6 Å². The monoisotopic (exact) mass is 269 g/mol. The Hall–Kier alpha value is -0.130. The van der Waals surface area contributed by atoms with Crippen LogP contribution in [-0.2, 0) is 9.05 Å². The summed E-state index contributed by atoms with van der Waals surface area (Å²) < 4.78 is 22.2. The smallest absolute Gasteiger partial charge is 0.248 e. The molecule has 1 aromatic heterocycles. The summed E-state index contributed by atoms with van der Waals surface area (Å²) >= 11 is 3.15. The fourth-order valence-corrected chi connectivity index (χ4v) is 1.63. The van der Waals surface area contributed by atoms with Gasteiger partial charge < -0.3 is 0 Å². The molecule has 0 unspecified atom stereocenters. The normalized spacial score (nSPS) is 11.6. The molecule has 0 aliphatic rings. The van der Waals surface area contributed by atoms with E-state index < -0.39 is 9.05 Å². The van der Waals surface area contributed by atoms with Crippen molar-refractivity contribution in [1.29, 1.82) is 0 Å². The molecule has 0 aliphatic heterocycles. The molecular formula is C6H5BrClNO2S. The van der Waals surface area contributed by atoms with E-state index >= 15 is 0 Å². The van der Waals surface area contributed by atoms with Crippen molar-refractivity contribution >= 4 is 35.7 Å². The Morgan fingerprint density at radius 1 is 1.58 bits per heavy atom. The van der Waals surface area contributed by atoms with E-state index in [9.17, 15) is 8.42 Å². The molecule has 66 valence electrons. The molecule has 0 radical (unpaired) electrons.